The van der Waals surface area contributed by atoms with Gasteiger partial charge in [0.25, 0.3) is 5.91 Å². The Morgan fingerprint density at radius 1 is 1.14 bits per heavy atom. The molecular weight excluding hydrogens is 281 g/mol. The quantitative estimate of drug-likeness (QED) is 0.914. The molecule has 1 N–H and O–H groups in total. The van der Waals surface area contributed by atoms with Gasteiger partial charge in [0.1, 0.15) is 11.6 Å². The number of benzene rings is 2. The number of amides is 1. The number of nitrogens with one attached hydrogen (secondary N) is 1. The zero-order valence-electron chi connectivity index (χ0n) is 13.0. The number of carbonyl (C=O) groups excluding carboxylic acids is 1. The highest BCUT2D eigenvalue weighted by molar-refractivity contribution is 5.78. The predicted octanol–water partition coefficient (Wildman–Crippen LogP) is 3.70. The van der Waals surface area contributed by atoms with E-state index in [2.05, 4.69) is 18.3 Å². The smallest absolute Gasteiger partial charge is 0.258 e. The summed E-state index contributed by atoms with van der Waals surface area (Å²) >= 11 is 0. The fraction of sp³-hybridized carbons (Fsp3) is 0.278. The van der Waals surface area contributed by atoms with Crippen LogP contribution in [0, 0.1) is 19.7 Å². The van der Waals surface area contributed by atoms with Crippen molar-refractivity contribution < 1.29 is 13.9 Å². The monoisotopic (exact) mass is 301 g/mol. The molecule has 22 heavy (non-hydrogen) atoms. The first kappa shape index (κ1) is 16.0. The maximum atomic E-state index is 12.8. The van der Waals surface area contributed by atoms with Crippen molar-refractivity contribution >= 4 is 5.91 Å². The molecule has 0 heterocycles. The molecule has 1 amide bonds. The number of carbonyl (C=O) groups is 1. The van der Waals surface area contributed by atoms with Gasteiger partial charge in [0, 0.05) is 0 Å². The van der Waals surface area contributed by atoms with E-state index in [-0.39, 0.29) is 24.4 Å². The third-order valence-electron chi connectivity index (χ3n) is 3.59. The largest absolute Gasteiger partial charge is 0.484 e. The minimum absolute atomic E-state index is 0.0939. The van der Waals surface area contributed by atoms with Crippen molar-refractivity contribution in [1.29, 1.82) is 0 Å². The summed E-state index contributed by atoms with van der Waals surface area (Å²) in [7, 11) is 0. The summed E-state index contributed by atoms with van der Waals surface area (Å²) in [5, 5.41) is 2.89. The van der Waals surface area contributed by atoms with Crippen LogP contribution in [-0.2, 0) is 4.79 Å². The van der Waals surface area contributed by atoms with Crippen molar-refractivity contribution in [2.45, 2.75) is 26.8 Å². The number of halogens is 1. The van der Waals surface area contributed by atoms with E-state index < -0.39 is 0 Å². The van der Waals surface area contributed by atoms with Crippen LogP contribution in [0.15, 0.2) is 42.5 Å². The zero-order valence-corrected chi connectivity index (χ0v) is 13.0. The molecule has 0 saturated heterocycles. The van der Waals surface area contributed by atoms with Crippen LogP contribution in [-0.4, -0.2) is 12.5 Å². The lowest BCUT2D eigenvalue weighted by atomic mass is 10.0. The van der Waals surface area contributed by atoms with Crippen LogP contribution in [0.1, 0.15) is 29.7 Å². The molecule has 0 aliphatic heterocycles. The topological polar surface area (TPSA) is 38.3 Å². The third-order valence-corrected chi connectivity index (χ3v) is 3.59. The Labute approximate surface area is 130 Å². The fourth-order valence-corrected chi connectivity index (χ4v) is 2.08. The van der Waals surface area contributed by atoms with Gasteiger partial charge >= 0.3 is 0 Å². The molecule has 0 aliphatic carbocycles. The normalized spacial score (nSPS) is 11.8. The van der Waals surface area contributed by atoms with Gasteiger partial charge in [-0.3, -0.25) is 4.79 Å². The molecule has 0 bridgehead atoms. The molecule has 3 nitrogen and oxygen atoms in total. The summed E-state index contributed by atoms with van der Waals surface area (Å²) in [4.78, 5) is 11.9. The molecule has 1 unspecified atom stereocenters. The van der Waals surface area contributed by atoms with Gasteiger partial charge in [-0.15, -0.1) is 0 Å². The average Bonchev–Trinajstić information content (AvgIpc) is 2.49. The molecule has 2 aromatic carbocycles. The highest BCUT2D eigenvalue weighted by Gasteiger charge is 2.11. The van der Waals surface area contributed by atoms with Gasteiger partial charge in [-0.05, 0) is 61.7 Å². The van der Waals surface area contributed by atoms with Gasteiger partial charge < -0.3 is 10.1 Å². The van der Waals surface area contributed by atoms with Gasteiger partial charge in [-0.1, -0.05) is 18.2 Å². The van der Waals surface area contributed by atoms with E-state index in [1.165, 1.54) is 35.4 Å². The molecule has 0 aliphatic rings. The van der Waals surface area contributed by atoms with Gasteiger partial charge in [-0.2, -0.15) is 0 Å². The predicted molar refractivity (Wildman–Crippen MR) is 84.4 cm³/mol. The van der Waals surface area contributed by atoms with E-state index >= 15 is 0 Å². The molecule has 116 valence electrons. The molecule has 0 aromatic heterocycles. The Balaban J connectivity index is 1.88. The second-order valence-electron chi connectivity index (χ2n) is 5.38. The third kappa shape index (κ3) is 4.32. The average molecular weight is 301 g/mol. The first-order valence-corrected chi connectivity index (χ1v) is 7.20. The van der Waals surface area contributed by atoms with Crippen LogP contribution in [0.25, 0.3) is 0 Å². The molecule has 1 atom stereocenters. The molecule has 0 saturated carbocycles. The fourth-order valence-electron chi connectivity index (χ4n) is 2.08. The van der Waals surface area contributed by atoms with Crippen LogP contribution >= 0.6 is 0 Å². The minimum atomic E-state index is -0.333. The molecule has 2 rings (SSSR count). The number of hydrogen-bond acceptors (Lipinski definition) is 2. The maximum Gasteiger partial charge on any atom is 0.258 e. The first-order chi connectivity index (χ1) is 10.5. The summed E-state index contributed by atoms with van der Waals surface area (Å²) in [6.45, 7) is 5.94. The number of rotatable bonds is 5. The minimum Gasteiger partial charge on any atom is -0.484 e. The molecule has 0 spiro atoms. The van der Waals surface area contributed by atoms with Gasteiger partial charge in [0.15, 0.2) is 6.61 Å². The van der Waals surface area contributed by atoms with E-state index in [1.807, 2.05) is 26.0 Å². The Morgan fingerprint density at radius 3 is 2.45 bits per heavy atom. The van der Waals surface area contributed by atoms with Crippen molar-refractivity contribution in [3.63, 3.8) is 0 Å². The lowest BCUT2D eigenvalue weighted by Gasteiger charge is -2.16. The molecule has 4 heteroatoms. The Hall–Kier alpha value is -2.36. The van der Waals surface area contributed by atoms with Gasteiger partial charge in [-0.25, -0.2) is 4.39 Å². The number of aryl methyl sites for hydroxylation is 2. The zero-order chi connectivity index (χ0) is 16.1. The van der Waals surface area contributed by atoms with Gasteiger partial charge in [0.05, 0.1) is 6.04 Å². The van der Waals surface area contributed by atoms with Crippen LogP contribution < -0.4 is 10.1 Å². The van der Waals surface area contributed by atoms with E-state index in [0.717, 1.165) is 5.56 Å². The summed E-state index contributed by atoms with van der Waals surface area (Å²) < 4.78 is 18.1. The molecule has 0 fully saturated rings. The van der Waals surface area contributed by atoms with Crippen LogP contribution in [0.4, 0.5) is 4.39 Å². The lowest BCUT2D eigenvalue weighted by Crippen LogP contribution is -2.31. The Bertz CT molecular complexity index is 653. The highest BCUT2D eigenvalue weighted by atomic mass is 19.1. The van der Waals surface area contributed by atoms with Crippen LogP contribution in [0.2, 0.25) is 0 Å². The Kier molecular flexibility index (Phi) is 5.15. The second-order valence-corrected chi connectivity index (χ2v) is 5.38. The number of ether oxygens (including phenoxy) is 1. The van der Waals surface area contributed by atoms with Crippen molar-refractivity contribution in [2.24, 2.45) is 0 Å². The van der Waals surface area contributed by atoms with Crippen LogP contribution in [0.5, 0.6) is 5.75 Å². The van der Waals surface area contributed by atoms with Crippen molar-refractivity contribution in [1.82, 2.24) is 5.32 Å². The van der Waals surface area contributed by atoms with Crippen molar-refractivity contribution in [2.75, 3.05) is 6.61 Å². The van der Waals surface area contributed by atoms with E-state index in [4.69, 9.17) is 4.74 Å². The number of hydrogen-bond donors (Lipinski definition) is 1. The van der Waals surface area contributed by atoms with E-state index in [0.29, 0.717) is 5.75 Å². The summed E-state index contributed by atoms with van der Waals surface area (Å²) in [5.74, 6) is -0.0781. The Morgan fingerprint density at radius 2 is 1.82 bits per heavy atom. The summed E-state index contributed by atoms with van der Waals surface area (Å²) in [6, 6.07) is 11.6. The molecule has 2 aromatic rings. The van der Waals surface area contributed by atoms with Crippen molar-refractivity contribution in [3.8, 4) is 5.75 Å². The molecule has 0 radical (unpaired) electrons. The maximum absolute atomic E-state index is 12.8. The van der Waals surface area contributed by atoms with E-state index in [1.54, 1.807) is 0 Å². The lowest BCUT2D eigenvalue weighted by molar-refractivity contribution is -0.123. The molecular formula is C18H20FNO2. The highest BCUT2D eigenvalue weighted by Crippen LogP contribution is 2.17. The second kappa shape index (κ2) is 7.07. The SMILES string of the molecule is Cc1ccc(C(C)NC(=O)COc2ccc(F)cc2)cc1C. The summed E-state index contributed by atoms with van der Waals surface area (Å²) in [6.07, 6.45) is 0. The summed E-state index contributed by atoms with van der Waals surface area (Å²) in [5.41, 5.74) is 3.47. The van der Waals surface area contributed by atoms with E-state index in [9.17, 15) is 9.18 Å². The first-order valence-electron chi connectivity index (χ1n) is 7.20. The van der Waals surface area contributed by atoms with Crippen molar-refractivity contribution in [3.05, 3.63) is 65.0 Å². The van der Waals surface area contributed by atoms with Gasteiger partial charge in [0.2, 0.25) is 0 Å². The standard InChI is InChI=1S/C18H20FNO2/c1-12-4-5-15(10-13(12)2)14(3)20-18(21)11-22-17-8-6-16(19)7-9-17/h4-10,14H,11H2,1-3H3,(H,20,21). The van der Waals surface area contributed by atoms with Crippen LogP contribution in [0.3, 0.4) is 0 Å².